The van der Waals surface area contributed by atoms with Gasteiger partial charge in [-0.1, -0.05) is 6.07 Å². The molecule has 1 saturated carbocycles. The third-order valence-corrected chi connectivity index (χ3v) is 4.04. The first-order chi connectivity index (χ1) is 8.86. The van der Waals surface area contributed by atoms with Gasteiger partial charge in [-0.25, -0.2) is 0 Å². The van der Waals surface area contributed by atoms with Crippen molar-refractivity contribution in [3.8, 4) is 0 Å². The number of rotatable bonds is 4. The van der Waals surface area contributed by atoms with Crippen LogP contribution in [0.25, 0.3) is 0 Å². The summed E-state index contributed by atoms with van der Waals surface area (Å²) in [6, 6.07) is 5.07. The van der Waals surface area contributed by atoms with Gasteiger partial charge in [-0.05, 0) is 24.5 Å². The minimum absolute atomic E-state index is 0.540. The van der Waals surface area contributed by atoms with Crippen molar-refractivity contribution >= 4 is 0 Å². The summed E-state index contributed by atoms with van der Waals surface area (Å²) in [6.45, 7) is 6.34. The molecule has 0 amide bonds. The van der Waals surface area contributed by atoms with Crippen LogP contribution in [-0.4, -0.2) is 47.0 Å². The monoisotopic (exact) mass is 246 g/mol. The van der Waals surface area contributed by atoms with Gasteiger partial charge in [0.1, 0.15) is 0 Å². The second-order valence-electron chi connectivity index (χ2n) is 5.36. The molecule has 0 atom stereocenters. The van der Waals surface area contributed by atoms with Crippen molar-refractivity contribution in [3.63, 3.8) is 0 Å². The van der Waals surface area contributed by atoms with Gasteiger partial charge >= 0.3 is 0 Å². The van der Waals surface area contributed by atoms with Crippen LogP contribution in [0.5, 0.6) is 0 Å². The lowest BCUT2D eigenvalue weighted by Crippen LogP contribution is -2.46. The van der Waals surface area contributed by atoms with Crippen molar-refractivity contribution in [1.82, 2.24) is 14.8 Å². The molecule has 18 heavy (non-hydrogen) atoms. The van der Waals surface area contributed by atoms with E-state index in [2.05, 4.69) is 20.9 Å². The number of piperazine rings is 1. The Morgan fingerprint density at radius 3 is 2.67 bits per heavy atom. The maximum absolute atomic E-state index is 5.74. The molecule has 2 N–H and O–H groups in total. The molecule has 2 heterocycles. The van der Waals surface area contributed by atoms with Gasteiger partial charge in [0.25, 0.3) is 0 Å². The predicted octanol–water partition coefficient (Wildman–Crippen LogP) is 0.820. The summed E-state index contributed by atoms with van der Waals surface area (Å²) in [4.78, 5) is 9.52. The van der Waals surface area contributed by atoms with E-state index >= 15 is 0 Å². The first-order valence-corrected chi connectivity index (χ1v) is 6.96. The molecule has 0 spiro atoms. The molecule has 2 aliphatic rings. The van der Waals surface area contributed by atoms with Crippen LogP contribution in [0.4, 0.5) is 0 Å². The maximum Gasteiger partial charge on any atom is 0.0584 e. The SMILES string of the molecule is NCc1ncccc1CN1CCN(C2CC2)CC1. The van der Waals surface area contributed by atoms with Crippen LogP contribution < -0.4 is 5.73 Å². The molecule has 4 heteroatoms. The number of pyridine rings is 1. The summed E-state index contributed by atoms with van der Waals surface area (Å²) in [5.74, 6) is 0. The molecular weight excluding hydrogens is 224 g/mol. The fraction of sp³-hybridized carbons (Fsp3) is 0.643. The zero-order valence-electron chi connectivity index (χ0n) is 10.9. The Kier molecular flexibility index (Phi) is 3.59. The molecule has 1 saturated heterocycles. The highest BCUT2D eigenvalue weighted by Crippen LogP contribution is 2.27. The molecule has 1 aliphatic carbocycles. The Morgan fingerprint density at radius 1 is 1.22 bits per heavy atom. The van der Waals surface area contributed by atoms with E-state index in [1.165, 1.54) is 44.6 Å². The van der Waals surface area contributed by atoms with Crippen LogP contribution in [-0.2, 0) is 13.1 Å². The topological polar surface area (TPSA) is 45.4 Å². The number of nitrogens with zero attached hydrogens (tertiary/aromatic N) is 3. The highest BCUT2D eigenvalue weighted by molar-refractivity contribution is 5.19. The summed E-state index contributed by atoms with van der Waals surface area (Å²) >= 11 is 0. The molecule has 0 bridgehead atoms. The van der Waals surface area contributed by atoms with E-state index in [4.69, 9.17) is 5.73 Å². The van der Waals surface area contributed by atoms with Gasteiger partial charge in [-0.2, -0.15) is 0 Å². The van der Waals surface area contributed by atoms with Crippen molar-refractivity contribution in [2.45, 2.75) is 32.0 Å². The quantitative estimate of drug-likeness (QED) is 0.854. The lowest BCUT2D eigenvalue weighted by Gasteiger charge is -2.35. The van der Waals surface area contributed by atoms with Crippen molar-refractivity contribution < 1.29 is 0 Å². The average molecular weight is 246 g/mol. The summed E-state index contributed by atoms with van der Waals surface area (Å²) in [5.41, 5.74) is 8.07. The molecule has 0 radical (unpaired) electrons. The molecule has 1 aliphatic heterocycles. The fourth-order valence-electron chi connectivity index (χ4n) is 2.77. The summed E-state index contributed by atoms with van der Waals surface area (Å²) in [5, 5.41) is 0. The Bertz CT molecular complexity index is 395. The molecule has 0 aromatic carbocycles. The molecule has 1 aromatic heterocycles. The van der Waals surface area contributed by atoms with Crippen LogP contribution in [0, 0.1) is 0 Å². The lowest BCUT2D eigenvalue weighted by atomic mass is 10.1. The zero-order chi connectivity index (χ0) is 12.4. The van der Waals surface area contributed by atoms with Crippen molar-refractivity contribution in [2.75, 3.05) is 26.2 Å². The minimum atomic E-state index is 0.540. The first kappa shape index (κ1) is 12.1. The van der Waals surface area contributed by atoms with Gasteiger partial charge in [0.15, 0.2) is 0 Å². The summed E-state index contributed by atoms with van der Waals surface area (Å²) < 4.78 is 0. The van der Waals surface area contributed by atoms with Gasteiger partial charge in [-0.3, -0.25) is 14.8 Å². The van der Waals surface area contributed by atoms with E-state index in [1.807, 2.05) is 12.3 Å². The maximum atomic E-state index is 5.74. The van der Waals surface area contributed by atoms with E-state index < -0.39 is 0 Å². The van der Waals surface area contributed by atoms with E-state index in [0.717, 1.165) is 18.3 Å². The summed E-state index contributed by atoms with van der Waals surface area (Å²) in [7, 11) is 0. The molecular formula is C14H22N4. The van der Waals surface area contributed by atoms with Crippen LogP contribution >= 0.6 is 0 Å². The largest absolute Gasteiger partial charge is 0.325 e. The van der Waals surface area contributed by atoms with Gasteiger partial charge in [0.2, 0.25) is 0 Å². The van der Waals surface area contributed by atoms with E-state index in [1.54, 1.807) is 0 Å². The molecule has 4 nitrogen and oxygen atoms in total. The highest BCUT2D eigenvalue weighted by atomic mass is 15.3. The number of hydrogen-bond acceptors (Lipinski definition) is 4. The van der Waals surface area contributed by atoms with Gasteiger partial charge in [-0.15, -0.1) is 0 Å². The predicted molar refractivity (Wildman–Crippen MR) is 72.0 cm³/mol. The van der Waals surface area contributed by atoms with Crippen LogP contribution in [0.15, 0.2) is 18.3 Å². The number of nitrogens with two attached hydrogens (primary N) is 1. The second kappa shape index (κ2) is 5.34. The van der Waals surface area contributed by atoms with Gasteiger partial charge in [0, 0.05) is 51.5 Å². The zero-order valence-corrected chi connectivity index (χ0v) is 10.9. The van der Waals surface area contributed by atoms with Crippen molar-refractivity contribution in [1.29, 1.82) is 0 Å². The van der Waals surface area contributed by atoms with Crippen molar-refractivity contribution in [3.05, 3.63) is 29.6 Å². The third-order valence-electron chi connectivity index (χ3n) is 4.04. The Hall–Kier alpha value is -0.970. The Balaban J connectivity index is 1.56. The number of hydrogen-bond donors (Lipinski definition) is 1. The minimum Gasteiger partial charge on any atom is -0.325 e. The second-order valence-corrected chi connectivity index (χ2v) is 5.36. The van der Waals surface area contributed by atoms with Gasteiger partial charge < -0.3 is 5.73 Å². The number of aromatic nitrogens is 1. The lowest BCUT2D eigenvalue weighted by molar-refractivity contribution is 0.121. The van der Waals surface area contributed by atoms with Crippen LogP contribution in [0.2, 0.25) is 0 Å². The molecule has 3 rings (SSSR count). The van der Waals surface area contributed by atoms with Crippen LogP contribution in [0.3, 0.4) is 0 Å². The first-order valence-electron chi connectivity index (χ1n) is 6.96. The van der Waals surface area contributed by atoms with E-state index in [-0.39, 0.29) is 0 Å². The average Bonchev–Trinajstić information content (AvgIpc) is 3.25. The molecule has 1 aromatic rings. The molecule has 2 fully saturated rings. The normalized spacial score (nSPS) is 22.3. The smallest absolute Gasteiger partial charge is 0.0584 e. The third kappa shape index (κ3) is 2.71. The Labute approximate surface area is 109 Å². The van der Waals surface area contributed by atoms with Crippen LogP contribution in [0.1, 0.15) is 24.1 Å². The summed E-state index contributed by atoms with van der Waals surface area (Å²) in [6.07, 6.45) is 4.66. The highest BCUT2D eigenvalue weighted by Gasteiger charge is 2.31. The Morgan fingerprint density at radius 2 is 2.00 bits per heavy atom. The van der Waals surface area contributed by atoms with Crippen molar-refractivity contribution in [2.24, 2.45) is 5.73 Å². The standard InChI is InChI=1S/C14H22N4/c15-10-14-12(2-1-5-16-14)11-17-6-8-18(9-7-17)13-3-4-13/h1-2,5,13H,3-4,6-11,15H2. The molecule has 0 unspecified atom stereocenters. The molecule has 98 valence electrons. The van der Waals surface area contributed by atoms with E-state index in [0.29, 0.717) is 6.54 Å². The van der Waals surface area contributed by atoms with Gasteiger partial charge in [0.05, 0.1) is 5.69 Å². The fourth-order valence-corrected chi connectivity index (χ4v) is 2.77. The van der Waals surface area contributed by atoms with E-state index in [9.17, 15) is 0 Å².